The zero-order valence-electron chi connectivity index (χ0n) is 12.1. The van der Waals surface area contributed by atoms with Crippen LogP contribution in [0.1, 0.15) is 25.0 Å². The highest BCUT2D eigenvalue weighted by atomic mass is 32.1. The molecule has 4 rings (SSSR count). The van der Waals surface area contributed by atoms with Gasteiger partial charge in [-0.1, -0.05) is 6.07 Å². The summed E-state index contributed by atoms with van der Waals surface area (Å²) in [5.41, 5.74) is 1.44. The monoisotopic (exact) mass is 312 g/mol. The molecule has 0 bridgehead atoms. The standard InChI is InChI=1S/C17H13FN2OS/c1-17(2)20-14(12-4-3-5-13(18)15(12)21-17)11-8-10-6-7-22-16(10)19-9-11/h3-9H,1-2H3. The van der Waals surface area contributed by atoms with Crippen molar-refractivity contribution in [3.8, 4) is 5.75 Å². The summed E-state index contributed by atoms with van der Waals surface area (Å²) in [6, 6.07) is 8.95. The van der Waals surface area contributed by atoms with E-state index in [-0.39, 0.29) is 11.6 Å². The SMILES string of the molecule is CC1(C)N=C(c2cnc3sccc3c2)c2cccc(F)c2O1. The lowest BCUT2D eigenvalue weighted by Gasteiger charge is -2.30. The Kier molecular flexibility index (Phi) is 2.81. The highest BCUT2D eigenvalue weighted by Gasteiger charge is 2.30. The number of aromatic nitrogens is 1. The molecule has 3 heterocycles. The molecule has 0 spiro atoms. The van der Waals surface area contributed by atoms with Crippen molar-refractivity contribution in [2.75, 3.05) is 0 Å². The van der Waals surface area contributed by atoms with E-state index < -0.39 is 5.72 Å². The Morgan fingerprint density at radius 3 is 2.95 bits per heavy atom. The molecule has 0 saturated carbocycles. The lowest BCUT2D eigenvalue weighted by molar-refractivity contribution is 0.109. The van der Waals surface area contributed by atoms with Gasteiger partial charge in [0.2, 0.25) is 0 Å². The summed E-state index contributed by atoms with van der Waals surface area (Å²) in [5, 5.41) is 3.07. The third kappa shape index (κ3) is 2.09. The molecule has 3 nitrogen and oxygen atoms in total. The topological polar surface area (TPSA) is 34.5 Å². The summed E-state index contributed by atoms with van der Waals surface area (Å²) in [7, 11) is 0. The lowest BCUT2D eigenvalue weighted by atomic mass is 9.99. The molecule has 0 atom stereocenters. The number of rotatable bonds is 1. The van der Waals surface area contributed by atoms with Gasteiger partial charge in [0.05, 0.1) is 5.71 Å². The number of nitrogens with zero attached hydrogens (tertiary/aromatic N) is 2. The molecule has 110 valence electrons. The average molecular weight is 312 g/mol. The van der Waals surface area contributed by atoms with Gasteiger partial charge < -0.3 is 4.74 Å². The maximum Gasteiger partial charge on any atom is 0.195 e. The largest absolute Gasteiger partial charge is 0.463 e. The Morgan fingerprint density at radius 2 is 2.09 bits per heavy atom. The van der Waals surface area contributed by atoms with E-state index in [1.165, 1.54) is 6.07 Å². The minimum atomic E-state index is -0.811. The molecule has 0 radical (unpaired) electrons. The fourth-order valence-electron chi connectivity index (χ4n) is 2.61. The minimum absolute atomic E-state index is 0.253. The van der Waals surface area contributed by atoms with Crippen LogP contribution in [-0.2, 0) is 0 Å². The molecule has 0 unspecified atom stereocenters. The van der Waals surface area contributed by atoms with Crippen LogP contribution in [0.5, 0.6) is 5.75 Å². The van der Waals surface area contributed by atoms with Crippen LogP contribution in [0.4, 0.5) is 4.39 Å². The number of benzene rings is 1. The van der Waals surface area contributed by atoms with Crippen molar-refractivity contribution in [1.29, 1.82) is 0 Å². The highest BCUT2D eigenvalue weighted by molar-refractivity contribution is 7.16. The maximum atomic E-state index is 14.1. The van der Waals surface area contributed by atoms with Crippen molar-refractivity contribution in [2.24, 2.45) is 4.99 Å². The second-order valence-electron chi connectivity index (χ2n) is 5.66. The van der Waals surface area contributed by atoms with E-state index in [2.05, 4.69) is 9.98 Å². The predicted molar refractivity (Wildman–Crippen MR) is 86.4 cm³/mol. The molecule has 1 aliphatic rings. The lowest BCUT2D eigenvalue weighted by Crippen LogP contribution is -2.33. The van der Waals surface area contributed by atoms with Crippen LogP contribution < -0.4 is 4.74 Å². The summed E-state index contributed by atoms with van der Waals surface area (Å²) < 4.78 is 19.8. The predicted octanol–water partition coefficient (Wildman–Crippen LogP) is 4.40. The molecular weight excluding hydrogens is 299 g/mol. The van der Waals surface area contributed by atoms with E-state index in [4.69, 9.17) is 4.74 Å². The number of ether oxygens (including phenoxy) is 1. The highest BCUT2D eigenvalue weighted by Crippen LogP contribution is 2.35. The van der Waals surface area contributed by atoms with Gasteiger partial charge in [-0.05, 0) is 43.5 Å². The Hall–Kier alpha value is -2.27. The van der Waals surface area contributed by atoms with E-state index in [1.54, 1.807) is 23.6 Å². The van der Waals surface area contributed by atoms with Gasteiger partial charge in [0.25, 0.3) is 0 Å². The second kappa shape index (κ2) is 4.61. The third-order valence-corrected chi connectivity index (χ3v) is 4.37. The first-order valence-electron chi connectivity index (χ1n) is 6.95. The normalized spacial score (nSPS) is 16.0. The number of halogens is 1. The van der Waals surface area contributed by atoms with Gasteiger partial charge in [0.15, 0.2) is 17.3 Å². The first-order chi connectivity index (χ1) is 10.5. The van der Waals surface area contributed by atoms with Crippen molar-refractivity contribution in [3.05, 3.63) is 58.9 Å². The van der Waals surface area contributed by atoms with Crippen molar-refractivity contribution in [3.63, 3.8) is 0 Å². The minimum Gasteiger partial charge on any atom is -0.463 e. The molecule has 5 heteroatoms. The van der Waals surface area contributed by atoms with Crippen LogP contribution in [0.25, 0.3) is 10.2 Å². The summed E-state index contributed by atoms with van der Waals surface area (Å²) >= 11 is 1.59. The maximum absolute atomic E-state index is 14.1. The summed E-state index contributed by atoms with van der Waals surface area (Å²) in [4.78, 5) is 10.1. The molecule has 2 aromatic heterocycles. The first kappa shape index (κ1) is 13.4. The number of hydrogen-bond acceptors (Lipinski definition) is 4. The smallest absolute Gasteiger partial charge is 0.195 e. The quantitative estimate of drug-likeness (QED) is 0.667. The van der Waals surface area contributed by atoms with Crippen LogP contribution in [0.15, 0.2) is 46.9 Å². The third-order valence-electron chi connectivity index (χ3n) is 3.53. The number of pyridine rings is 1. The van der Waals surface area contributed by atoms with Gasteiger partial charge in [0.1, 0.15) is 4.83 Å². The molecule has 1 aliphatic heterocycles. The van der Waals surface area contributed by atoms with Crippen LogP contribution in [-0.4, -0.2) is 16.4 Å². The molecule has 22 heavy (non-hydrogen) atoms. The van der Waals surface area contributed by atoms with Gasteiger partial charge in [0, 0.05) is 22.7 Å². The van der Waals surface area contributed by atoms with E-state index in [1.807, 2.05) is 37.4 Å². The summed E-state index contributed by atoms with van der Waals surface area (Å²) in [5.74, 6) is -0.120. The fourth-order valence-corrected chi connectivity index (χ4v) is 3.33. The average Bonchev–Trinajstić information content (AvgIpc) is 2.94. The second-order valence-corrected chi connectivity index (χ2v) is 6.56. The van der Waals surface area contributed by atoms with Gasteiger partial charge in [-0.15, -0.1) is 11.3 Å². The molecule has 3 aromatic rings. The number of hydrogen-bond donors (Lipinski definition) is 0. The zero-order chi connectivity index (χ0) is 15.3. The van der Waals surface area contributed by atoms with E-state index >= 15 is 0 Å². The molecule has 0 N–H and O–H groups in total. The Morgan fingerprint density at radius 1 is 1.23 bits per heavy atom. The van der Waals surface area contributed by atoms with Crippen molar-refractivity contribution in [2.45, 2.75) is 19.6 Å². The molecular formula is C17H13FN2OS. The van der Waals surface area contributed by atoms with Gasteiger partial charge in [-0.2, -0.15) is 0 Å². The number of fused-ring (bicyclic) bond motifs is 2. The van der Waals surface area contributed by atoms with Crippen molar-refractivity contribution >= 4 is 27.3 Å². The van der Waals surface area contributed by atoms with Crippen LogP contribution in [0.2, 0.25) is 0 Å². The van der Waals surface area contributed by atoms with Crippen LogP contribution in [0.3, 0.4) is 0 Å². The molecule has 0 fully saturated rings. The van der Waals surface area contributed by atoms with Gasteiger partial charge >= 0.3 is 0 Å². The Labute approximate surface area is 131 Å². The van der Waals surface area contributed by atoms with E-state index in [0.717, 1.165) is 15.8 Å². The molecule has 1 aromatic carbocycles. The summed E-state index contributed by atoms with van der Waals surface area (Å²) in [6.45, 7) is 3.64. The molecule has 0 aliphatic carbocycles. The first-order valence-corrected chi connectivity index (χ1v) is 7.83. The van der Waals surface area contributed by atoms with Crippen molar-refractivity contribution < 1.29 is 9.13 Å². The van der Waals surface area contributed by atoms with Gasteiger partial charge in [-0.25, -0.2) is 14.4 Å². The van der Waals surface area contributed by atoms with Crippen LogP contribution >= 0.6 is 11.3 Å². The van der Waals surface area contributed by atoms with Gasteiger partial charge in [-0.3, -0.25) is 0 Å². The Balaban J connectivity index is 1.96. The number of thiophene rings is 1. The number of para-hydroxylation sites is 1. The van der Waals surface area contributed by atoms with E-state index in [9.17, 15) is 4.39 Å². The molecule has 0 saturated heterocycles. The fraction of sp³-hybridized carbons (Fsp3) is 0.176. The molecule has 0 amide bonds. The number of aliphatic imine (C=N–C) groups is 1. The van der Waals surface area contributed by atoms with Crippen molar-refractivity contribution in [1.82, 2.24) is 4.98 Å². The summed E-state index contributed by atoms with van der Waals surface area (Å²) in [6.07, 6.45) is 1.79. The van der Waals surface area contributed by atoms with E-state index in [0.29, 0.717) is 11.3 Å². The zero-order valence-corrected chi connectivity index (χ0v) is 12.9. The Bertz CT molecular complexity index is 914. The van der Waals surface area contributed by atoms with Crippen LogP contribution in [0, 0.1) is 5.82 Å².